The van der Waals surface area contributed by atoms with Crippen molar-refractivity contribution in [1.29, 1.82) is 0 Å². The zero-order chi connectivity index (χ0) is 13.2. The highest BCUT2D eigenvalue weighted by molar-refractivity contribution is 5.63. The first-order valence-corrected chi connectivity index (χ1v) is 6.12. The molecule has 2 aromatic heterocycles. The fourth-order valence-electron chi connectivity index (χ4n) is 2.06. The second-order valence-corrected chi connectivity index (χ2v) is 4.36. The van der Waals surface area contributed by atoms with Crippen LogP contribution in [0.4, 0.5) is 0 Å². The Labute approximate surface area is 111 Å². The predicted octanol–water partition coefficient (Wildman–Crippen LogP) is 2.47. The van der Waals surface area contributed by atoms with Gasteiger partial charge in [-0.1, -0.05) is 6.07 Å². The van der Waals surface area contributed by atoms with Gasteiger partial charge in [-0.3, -0.25) is 0 Å². The number of ether oxygens (including phenoxy) is 1. The largest absolute Gasteiger partial charge is 0.497 e. The fraction of sp³-hybridized carbons (Fsp3) is 0.133. The van der Waals surface area contributed by atoms with Crippen LogP contribution in [0, 0.1) is 0 Å². The van der Waals surface area contributed by atoms with Crippen molar-refractivity contribution in [2.45, 2.75) is 6.54 Å². The van der Waals surface area contributed by atoms with Crippen LogP contribution in [0.15, 0.2) is 48.8 Å². The van der Waals surface area contributed by atoms with Crippen LogP contribution in [0.3, 0.4) is 0 Å². The van der Waals surface area contributed by atoms with Crippen molar-refractivity contribution in [3.8, 4) is 17.0 Å². The number of aromatic nitrogens is 2. The van der Waals surface area contributed by atoms with E-state index in [4.69, 9.17) is 10.5 Å². The summed E-state index contributed by atoms with van der Waals surface area (Å²) in [7, 11) is 1.66. The minimum Gasteiger partial charge on any atom is -0.497 e. The van der Waals surface area contributed by atoms with Crippen LogP contribution in [-0.4, -0.2) is 16.5 Å². The van der Waals surface area contributed by atoms with E-state index in [1.807, 2.05) is 53.2 Å². The average molecular weight is 253 g/mol. The molecule has 0 saturated heterocycles. The number of fused-ring (bicyclic) bond motifs is 1. The van der Waals surface area contributed by atoms with Gasteiger partial charge in [-0.2, -0.15) is 0 Å². The highest BCUT2D eigenvalue weighted by atomic mass is 16.5. The Kier molecular flexibility index (Phi) is 2.93. The number of nitrogens with two attached hydrogens (primary N) is 1. The van der Waals surface area contributed by atoms with E-state index in [9.17, 15) is 0 Å². The SMILES string of the molecule is COc1ccc(-c2cn3cc(CN)ccc3n2)cc1. The second kappa shape index (κ2) is 4.74. The topological polar surface area (TPSA) is 52.5 Å². The third-order valence-corrected chi connectivity index (χ3v) is 3.13. The van der Waals surface area contributed by atoms with E-state index in [0.717, 1.165) is 28.2 Å². The molecule has 0 aliphatic rings. The summed E-state index contributed by atoms with van der Waals surface area (Å²) in [4.78, 5) is 4.60. The molecule has 0 amide bonds. The number of benzene rings is 1. The molecular formula is C15H15N3O. The lowest BCUT2D eigenvalue weighted by Gasteiger charge is -2.00. The van der Waals surface area contributed by atoms with E-state index in [1.54, 1.807) is 7.11 Å². The van der Waals surface area contributed by atoms with Crippen molar-refractivity contribution in [2.75, 3.05) is 7.11 Å². The maximum atomic E-state index is 5.64. The molecule has 0 bridgehead atoms. The molecule has 0 spiro atoms. The van der Waals surface area contributed by atoms with Crippen molar-refractivity contribution in [2.24, 2.45) is 5.73 Å². The normalized spacial score (nSPS) is 10.8. The number of hydrogen-bond donors (Lipinski definition) is 1. The molecule has 3 aromatic rings. The van der Waals surface area contributed by atoms with Crippen LogP contribution in [0.2, 0.25) is 0 Å². The summed E-state index contributed by atoms with van der Waals surface area (Å²) in [6.07, 6.45) is 4.02. The molecule has 4 heteroatoms. The quantitative estimate of drug-likeness (QED) is 0.780. The lowest BCUT2D eigenvalue weighted by atomic mass is 10.2. The van der Waals surface area contributed by atoms with Gasteiger partial charge in [0, 0.05) is 24.5 Å². The Hall–Kier alpha value is -2.33. The van der Waals surface area contributed by atoms with E-state index >= 15 is 0 Å². The van der Waals surface area contributed by atoms with Gasteiger partial charge in [0.25, 0.3) is 0 Å². The molecule has 2 heterocycles. The molecule has 2 N–H and O–H groups in total. The van der Waals surface area contributed by atoms with Crippen LogP contribution in [0.1, 0.15) is 5.56 Å². The maximum Gasteiger partial charge on any atom is 0.137 e. The van der Waals surface area contributed by atoms with Crippen molar-refractivity contribution in [3.63, 3.8) is 0 Å². The summed E-state index contributed by atoms with van der Waals surface area (Å²) in [5.74, 6) is 0.845. The summed E-state index contributed by atoms with van der Waals surface area (Å²) in [5, 5.41) is 0. The van der Waals surface area contributed by atoms with Gasteiger partial charge in [0.1, 0.15) is 11.4 Å². The molecule has 0 atom stereocenters. The van der Waals surface area contributed by atoms with Gasteiger partial charge in [-0.15, -0.1) is 0 Å². The molecule has 3 rings (SSSR count). The maximum absolute atomic E-state index is 5.64. The minimum atomic E-state index is 0.534. The van der Waals surface area contributed by atoms with Crippen LogP contribution in [0.5, 0.6) is 5.75 Å². The highest BCUT2D eigenvalue weighted by Crippen LogP contribution is 2.22. The second-order valence-electron chi connectivity index (χ2n) is 4.36. The molecule has 1 aromatic carbocycles. The van der Waals surface area contributed by atoms with Gasteiger partial charge in [0.15, 0.2) is 0 Å². The Morgan fingerprint density at radius 1 is 1.11 bits per heavy atom. The molecule has 0 aliphatic heterocycles. The third kappa shape index (κ3) is 2.18. The van der Waals surface area contributed by atoms with E-state index in [-0.39, 0.29) is 0 Å². The number of rotatable bonds is 3. The molecule has 19 heavy (non-hydrogen) atoms. The van der Waals surface area contributed by atoms with Gasteiger partial charge in [0.2, 0.25) is 0 Å². The number of hydrogen-bond acceptors (Lipinski definition) is 3. The standard InChI is InChI=1S/C15H15N3O/c1-19-13-5-3-12(4-6-13)14-10-18-9-11(8-16)2-7-15(18)17-14/h2-7,9-10H,8,16H2,1H3. The Morgan fingerprint density at radius 2 is 1.89 bits per heavy atom. The summed E-state index contributed by atoms with van der Waals surface area (Å²) >= 11 is 0. The molecule has 0 fully saturated rings. The van der Waals surface area contributed by atoms with Crippen molar-refractivity contribution >= 4 is 5.65 Å². The van der Waals surface area contributed by atoms with Crippen LogP contribution in [0.25, 0.3) is 16.9 Å². The summed E-state index contributed by atoms with van der Waals surface area (Å²) in [6.45, 7) is 0.534. The van der Waals surface area contributed by atoms with Gasteiger partial charge in [-0.05, 0) is 35.9 Å². The first-order valence-electron chi connectivity index (χ1n) is 6.12. The van der Waals surface area contributed by atoms with Gasteiger partial charge >= 0.3 is 0 Å². The van der Waals surface area contributed by atoms with Crippen molar-refractivity contribution in [1.82, 2.24) is 9.38 Å². The smallest absolute Gasteiger partial charge is 0.137 e. The van der Waals surface area contributed by atoms with Crippen LogP contribution in [-0.2, 0) is 6.54 Å². The van der Waals surface area contributed by atoms with Gasteiger partial charge in [-0.25, -0.2) is 4.98 Å². The van der Waals surface area contributed by atoms with Gasteiger partial charge < -0.3 is 14.9 Å². The zero-order valence-corrected chi connectivity index (χ0v) is 10.7. The lowest BCUT2D eigenvalue weighted by Crippen LogP contribution is -1.97. The minimum absolute atomic E-state index is 0.534. The lowest BCUT2D eigenvalue weighted by molar-refractivity contribution is 0.415. The highest BCUT2D eigenvalue weighted by Gasteiger charge is 2.05. The predicted molar refractivity (Wildman–Crippen MR) is 75.1 cm³/mol. The molecule has 0 unspecified atom stereocenters. The molecule has 0 radical (unpaired) electrons. The Bertz CT molecular complexity index is 701. The molecule has 0 aliphatic carbocycles. The number of pyridine rings is 1. The average Bonchev–Trinajstić information content (AvgIpc) is 2.90. The van der Waals surface area contributed by atoms with E-state index < -0.39 is 0 Å². The van der Waals surface area contributed by atoms with Gasteiger partial charge in [0.05, 0.1) is 12.8 Å². The Morgan fingerprint density at radius 3 is 2.58 bits per heavy atom. The van der Waals surface area contributed by atoms with E-state index in [0.29, 0.717) is 6.54 Å². The number of imidazole rings is 1. The van der Waals surface area contributed by atoms with Crippen LogP contribution >= 0.6 is 0 Å². The first kappa shape index (κ1) is 11.7. The number of methoxy groups -OCH3 is 1. The Balaban J connectivity index is 2.04. The van der Waals surface area contributed by atoms with Crippen molar-refractivity contribution < 1.29 is 4.74 Å². The first-order chi connectivity index (χ1) is 9.30. The summed E-state index contributed by atoms with van der Waals surface area (Å²) in [6, 6.07) is 11.9. The summed E-state index contributed by atoms with van der Waals surface area (Å²) < 4.78 is 7.16. The zero-order valence-electron chi connectivity index (χ0n) is 10.7. The van der Waals surface area contributed by atoms with Crippen LogP contribution < -0.4 is 10.5 Å². The van der Waals surface area contributed by atoms with E-state index in [2.05, 4.69) is 4.98 Å². The molecule has 96 valence electrons. The summed E-state index contributed by atoms with van der Waals surface area (Å²) in [5.41, 5.74) is 9.66. The monoisotopic (exact) mass is 253 g/mol. The third-order valence-electron chi connectivity index (χ3n) is 3.13. The molecule has 0 saturated carbocycles. The van der Waals surface area contributed by atoms with Crippen molar-refractivity contribution in [3.05, 3.63) is 54.4 Å². The fourth-order valence-corrected chi connectivity index (χ4v) is 2.06. The van der Waals surface area contributed by atoms with E-state index in [1.165, 1.54) is 0 Å². The number of nitrogens with zero attached hydrogens (tertiary/aromatic N) is 2. The molecular weight excluding hydrogens is 238 g/mol. The molecule has 4 nitrogen and oxygen atoms in total.